The highest BCUT2D eigenvalue weighted by Crippen LogP contribution is 2.36. The zero-order chi connectivity index (χ0) is 13.9. The molecule has 1 aromatic rings. The molecule has 4 heterocycles. The molecule has 3 nitrogen and oxygen atoms in total. The molecule has 3 heteroatoms. The molecule has 20 heavy (non-hydrogen) atoms. The van der Waals surface area contributed by atoms with Gasteiger partial charge in [-0.1, -0.05) is 25.8 Å². The van der Waals surface area contributed by atoms with Crippen LogP contribution in [0.2, 0.25) is 0 Å². The molecule has 0 spiro atoms. The molecule has 4 rings (SSSR count). The van der Waals surface area contributed by atoms with E-state index >= 15 is 0 Å². The Kier molecular flexibility index (Phi) is 4.16. The van der Waals surface area contributed by atoms with Gasteiger partial charge in [0.25, 0.3) is 0 Å². The van der Waals surface area contributed by atoms with E-state index in [-0.39, 0.29) is 6.04 Å². The first-order valence-corrected chi connectivity index (χ1v) is 7.99. The Bertz CT molecular complexity index is 459. The first-order valence-electron chi connectivity index (χ1n) is 7.99. The zero-order valence-electron chi connectivity index (χ0n) is 12.3. The molecule has 2 bridgehead atoms. The maximum Gasteiger partial charge on any atom is 0.153 e. The maximum atomic E-state index is 12.5. The largest absolute Gasteiger partial charge is 0.298 e. The van der Waals surface area contributed by atoms with Crippen molar-refractivity contribution in [3.05, 3.63) is 30.1 Å². The van der Waals surface area contributed by atoms with E-state index in [4.69, 9.17) is 0 Å². The molecule has 0 radical (unpaired) electrons. The second kappa shape index (κ2) is 6.04. The lowest BCUT2D eigenvalue weighted by atomic mass is 9.75. The quantitative estimate of drug-likeness (QED) is 0.826. The second-order valence-corrected chi connectivity index (χ2v) is 6.20. The molecule has 3 fully saturated rings. The van der Waals surface area contributed by atoms with Crippen LogP contribution in [0, 0.1) is 5.92 Å². The number of unbranched alkanes of at least 4 members (excludes halogenated alkanes) is 1. The van der Waals surface area contributed by atoms with Crippen molar-refractivity contribution in [2.45, 2.75) is 57.5 Å². The van der Waals surface area contributed by atoms with Crippen molar-refractivity contribution in [2.24, 2.45) is 5.92 Å². The fraction of sp³-hybridized carbons (Fsp3) is 0.647. The zero-order valence-corrected chi connectivity index (χ0v) is 12.3. The van der Waals surface area contributed by atoms with E-state index in [2.05, 4.69) is 16.8 Å². The third kappa shape index (κ3) is 2.64. The molecule has 1 aromatic heterocycles. The van der Waals surface area contributed by atoms with Gasteiger partial charge in [0, 0.05) is 30.3 Å². The molecule has 3 aliphatic heterocycles. The van der Waals surface area contributed by atoms with Crippen LogP contribution in [-0.2, 0) is 11.2 Å². The van der Waals surface area contributed by atoms with Crippen molar-refractivity contribution in [3.63, 3.8) is 0 Å². The van der Waals surface area contributed by atoms with Crippen molar-refractivity contribution in [1.29, 1.82) is 0 Å². The van der Waals surface area contributed by atoms with Gasteiger partial charge in [-0.2, -0.15) is 0 Å². The van der Waals surface area contributed by atoms with E-state index in [1.807, 2.05) is 24.4 Å². The number of nitrogens with zero attached hydrogens (tertiary/aromatic N) is 2. The Morgan fingerprint density at radius 3 is 3.05 bits per heavy atom. The van der Waals surface area contributed by atoms with Crippen molar-refractivity contribution in [3.8, 4) is 0 Å². The monoisotopic (exact) mass is 272 g/mol. The molecule has 0 amide bonds. The Morgan fingerprint density at radius 1 is 1.40 bits per heavy atom. The van der Waals surface area contributed by atoms with E-state index in [1.165, 1.54) is 19.3 Å². The standard InChI is InChI=1S/C17H24N2O/c1-2-3-7-15-11-13-8-10-19(15)16(17(13)20)12-14-6-4-5-9-18-14/h4-6,9,13,15-16H,2-3,7-8,10-12H2,1H3. The smallest absolute Gasteiger partial charge is 0.153 e. The Morgan fingerprint density at radius 2 is 2.30 bits per heavy atom. The molecular weight excluding hydrogens is 248 g/mol. The molecule has 3 saturated heterocycles. The minimum absolute atomic E-state index is 0.0826. The van der Waals surface area contributed by atoms with Crippen LogP contribution in [-0.4, -0.2) is 34.3 Å². The van der Waals surface area contributed by atoms with E-state index in [0.29, 0.717) is 17.7 Å². The predicted octanol–water partition coefficient (Wildman–Crippen LogP) is 2.85. The number of piperidine rings is 3. The summed E-state index contributed by atoms with van der Waals surface area (Å²) in [5.74, 6) is 0.783. The second-order valence-electron chi connectivity index (χ2n) is 6.20. The Balaban J connectivity index is 1.73. The van der Waals surface area contributed by atoms with Crippen LogP contribution < -0.4 is 0 Å². The van der Waals surface area contributed by atoms with Gasteiger partial charge in [-0.25, -0.2) is 0 Å². The highest BCUT2D eigenvalue weighted by molar-refractivity contribution is 5.88. The van der Waals surface area contributed by atoms with Crippen LogP contribution in [0.4, 0.5) is 0 Å². The van der Waals surface area contributed by atoms with E-state index < -0.39 is 0 Å². The van der Waals surface area contributed by atoms with Gasteiger partial charge >= 0.3 is 0 Å². The van der Waals surface area contributed by atoms with Gasteiger partial charge in [0.15, 0.2) is 5.78 Å². The predicted molar refractivity (Wildman–Crippen MR) is 79.5 cm³/mol. The summed E-state index contributed by atoms with van der Waals surface area (Å²) in [6, 6.07) is 6.69. The highest BCUT2D eigenvalue weighted by Gasteiger charge is 2.45. The van der Waals surface area contributed by atoms with Crippen LogP contribution in [0.3, 0.4) is 0 Å². The lowest BCUT2D eigenvalue weighted by Crippen LogP contribution is -2.60. The van der Waals surface area contributed by atoms with Gasteiger partial charge in [0.1, 0.15) is 0 Å². The van der Waals surface area contributed by atoms with Gasteiger partial charge in [-0.05, 0) is 37.9 Å². The van der Waals surface area contributed by atoms with Crippen LogP contribution >= 0.6 is 0 Å². The van der Waals surface area contributed by atoms with Gasteiger partial charge in [-0.15, -0.1) is 0 Å². The lowest BCUT2D eigenvalue weighted by Gasteiger charge is -2.49. The lowest BCUT2D eigenvalue weighted by molar-refractivity contribution is -0.141. The van der Waals surface area contributed by atoms with Crippen LogP contribution in [0.1, 0.15) is 44.7 Å². The van der Waals surface area contributed by atoms with Gasteiger partial charge < -0.3 is 0 Å². The minimum Gasteiger partial charge on any atom is -0.298 e. The molecule has 3 aliphatic rings. The van der Waals surface area contributed by atoms with Crippen LogP contribution in [0.25, 0.3) is 0 Å². The van der Waals surface area contributed by atoms with E-state index in [9.17, 15) is 4.79 Å². The fourth-order valence-corrected chi connectivity index (χ4v) is 3.83. The van der Waals surface area contributed by atoms with Gasteiger partial charge in [-0.3, -0.25) is 14.7 Å². The number of aromatic nitrogens is 1. The first-order chi connectivity index (χ1) is 9.79. The number of rotatable bonds is 5. The number of carbonyl (C=O) groups is 1. The number of fused-ring (bicyclic) bond motifs is 3. The number of hydrogen-bond acceptors (Lipinski definition) is 3. The summed E-state index contributed by atoms with van der Waals surface area (Å²) in [7, 11) is 0. The molecule has 0 aromatic carbocycles. The average molecular weight is 272 g/mol. The Hall–Kier alpha value is -1.22. The molecule has 0 saturated carbocycles. The summed E-state index contributed by atoms with van der Waals surface area (Å²) in [5, 5.41) is 0. The van der Waals surface area contributed by atoms with Crippen molar-refractivity contribution in [2.75, 3.05) is 6.54 Å². The molecule has 4 unspecified atom stereocenters. The molecule has 0 aliphatic carbocycles. The van der Waals surface area contributed by atoms with E-state index in [1.54, 1.807) is 0 Å². The first kappa shape index (κ1) is 13.7. The number of pyridine rings is 1. The fourth-order valence-electron chi connectivity index (χ4n) is 3.83. The summed E-state index contributed by atoms with van der Waals surface area (Å²) in [6.45, 7) is 3.34. The number of ketones is 1. The number of hydrogen-bond donors (Lipinski definition) is 0. The molecule has 108 valence electrons. The molecular formula is C17H24N2O. The minimum atomic E-state index is 0.0826. The van der Waals surface area contributed by atoms with Crippen molar-refractivity contribution >= 4 is 5.78 Å². The molecule has 4 atom stereocenters. The van der Waals surface area contributed by atoms with Crippen molar-refractivity contribution in [1.82, 2.24) is 9.88 Å². The normalized spacial score (nSPS) is 32.5. The van der Waals surface area contributed by atoms with Crippen LogP contribution in [0.15, 0.2) is 24.4 Å². The summed E-state index contributed by atoms with van der Waals surface area (Å²) < 4.78 is 0. The van der Waals surface area contributed by atoms with Gasteiger partial charge in [0.05, 0.1) is 6.04 Å². The summed E-state index contributed by atoms with van der Waals surface area (Å²) in [4.78, 5) is 19.4. The summed E-state index contributed by atoms with van der Waals surface area (Å²) in [5.41, 5.74) is 1.05. The number of carbonyl (C=O) groups excluding carboxylic acids is 1. The third-order valence-electron chi connectivity index (χ3n) is 4.91. The SMILES string of the molecule is CCCCC1CC2CCN1C(Cc1ccccn1)C2=O. The maximum absolute atomic E-state index is 12.5. The summed E-state index contributed by atoms with van der Waals surface area (Å²) in [6.07, 6.45) is 8.55. The third-order valence-corrected chi connectivity index (χ3v) is 4.91. The summed E-state index contributed by atoms with van der Waals surface area (Å²) >= 11 is 0. The van der Waals surface area contributed by atoms with E-state index in [0.717, 1.165) is 31.5 Å². The molecule has 0 N–H and O–H groups in total. The topological polar surface area (TPSA) is 33.2 Å². The van der Waals surface area contributed by atoms with Crippen LogP contribution in [0.5, 0.6) is 0 Å². The average Bonchev–Trinajstić information content (AvgIpc) is 2.50. The van der Waals surface area contributed by atoms with Crippen molar-refractivity contribution < 1.29 is 4.79 Å². The number of Topliss-reactive ketones (excluding diaryl/α,β-unsaturated/α-hetero) is 1. The highest BCUT2D eigenvalue weighted by atomic mass is 16.1. The van der Waals surface area contributed by atoms with Gasteiger partial charge in [0.2, 0.25) is 0 Å². The Labute approximate surface area is 121 Å².